The highest BCUT2D eigenvalue weighted by molar-refractivity contribution is 14.0. The van der Waals surface area contributed by atoms with Crippen molar-refractivity contribution < 1.29 is 13.2 Å². The predicted octanol–water partition coefficient (Wildman–Crippen LogP) is 3.40. The maximum atomic E-state index is 12.5. The lowest BCUT2D eigenvalue weighted by Gasteiger charge is -2.28. The Morgan fingerprint density at radius 3 is 2.45 bits per heavy atom. The van der Waals surface area contributed by atoms with E-state index >= 15 is 0 Å². The second kappa shape index (κ2) is 13.0. The molecule has 176 valence electrons. The number of aliphatic imine (C=N–C) groups is 1. The fraction of sp³-hybridized carbons (Fsp3) is 0.682. The quantitative estimate of drug-likeness (QED) is 0.256. The summed E-state index contributed by atoms with van der Waals surface area (Å²) in [5.74, 6) is 1.64. The fourth-order valence-electron chi connectivity index (χ4n) is 3.95. The summed E-state index contributed by atoms with van der Waals surface area (Å²) in [7, 11) is -3.52. The average Bonchev–Trinajstić information content (AvgIpc) is 3.26. The number of sulfonamides is 1. The molecule has 1 unspecified atom stereocenters. The topological polar surface area (TPSA) is 91.8 Å². The lowest BCUT2D eigenvalue weighted by atomic mass is 9.87. The van der Waals surface area contributed by atoms with E-state index in [9.17, 15) is 8.42 Å². The van der Waals surface area contributed by atoms with E-state index in [-0.39, 0.29) is 35.0 Å². The van der Waals surface area contributed by atoms with Gasteiger partial charge in [-0.15, -0.1) is 24.0 Å². The molecule has 3 N–H and O–H groups in total. The maximum Gasteiger partial charge on any atom is 0.240 e. The number of ether oxygens (including phenoxy) is 1. The number of hydrogen-bond acceptors (Lipinski definition) is 4. The molecule has 2 fully saturated rings. The molecule has 0 bridgehead atoms. The first-order valence-electron chi connectivity index (χ1n) is 11.2. The molecular weight excluding hydrogens is 527 g/mol. The lowest BCUT2D eigenvalue weighted by molar-refractivity contribution is 0.114. The van der Waals surface area contributed by atoms with Gasteiger partial charge in [0.25, 0.3) is 0 Å². The fourth-order valence-corrected chi connectivity index (χ4v) is 5.02. The summed E-state index contributed by atoms with van der Waals surface area (Å²) >= 11 is 0. The van der Waals surface area contributed by atoms with Crippen LogP contribution in [0.2, 0.25) is 0 Å². The van der Waals surface area contributed by atoms with Gasteiger partial charge in [0, 0.05) is 25.7 Å². The van der Waals surface area contributed by atoms with Crippen LogP contribution in [0.1, 0.15) is 57.9 Å². The molecule has 7 nitrogen and oxygen atoms in total. The first kappa shape index (κ1) is 26.3. The molecule has 0 amide bonds. The molecule has 1 aromatic carbocycles. The highest BCUT2D eigenvalue weighted by Crippen LogP contribution is 2.23. The normalized spacial score (nSPS) is 24.5. The number of benzene rings is 1. The van der Waals surface area contributed by atoms with Crippen molar-refractivity contribution in [3.8, 4) is 0 Å². The Bertz CT molecular complexity index is 787. The summed E-state index contributed by atoms with van der Waals surface area (Å²) in [6.45, 7) is 6.72. The van der Waals surface area contributed by atoms with E-state index in [4.69, 9.17) is 9.73 Å². The van der Waals surface area contributed by atoms with Gasteiger partial charge in [0.15, 0.2) is 5.96 Å². The third kappa shape index (κ3) is 8.51. The number of rotatable bonds is 8. The molecule has 3 rings (SSSR count). The van der Waals surface area contributed by atoms with Crippen molar-refractivity contribution in [3.63, 3.8) is 0 Å². The molecule has 1 saturated heterocycles. The molecule has 1 aliphatic carbocycles. The van der Waals surface area contributed by atoms with Crippen LogP contribution < -0.4 is 15.4 Å². The molecule has 1 saturated carbocycles. The van der Waals surface area contributed by atoms with Crippen LogP contribution in [0.4, 0.5) is 0 Å². The predicted molar refractivity (Wildman–Crippen MR) is 135 cm³/mol. The van der Waals surface area contributed by atoms with Gasteiger partial charge >= 0.3 is 0 Å². The van der Waals surface area contributed by atoms with E-state index in [1.54, 1.807) is 12.1 Å². The molecule has 1 heterocycles. The SMILES string of the molecule is CCNC(=NCc1ccc(S(=O)(=O)NCC2CCCO2)cc1)NC1CCC(C)CC1.I. The third-order valence-corrected chi connectivity index (χ3v) is 7.32. The van der Waals surface area contributed by atoms with Gasteiger partial charge < -0.3 is 15.4 Å². The first-order valence-corrected chi connectivity index (χ1v) is 12.7. The Kier molecular flexibility index (Phi) is 11.0. The van der Waals surface area contributed by atoms with Crippen molar-refractivity contribution in [3.05, 3.63) is 29.8 Å². The number of nitrogens with one attached hydrogen (secondary N) is 3. The van der Waals surface area contributed by atoms with Gasteiger partial charge in [0.2, 0.25) is 10.0 Å². The number of guanidine groups is 1. The minimum Gasteiger partial charge on any atom is -0.377 e. The van der Waals surface area contributed by atoms with Gasteiger partial charge in [-0.3, -0.25) is 0 Å². The van der Waals surface area contributed by atoms with Crippen LogP contribution in [0.3, 0.4) is 0 Å². The zero-order valence-corrected chi connectivity index (χ0v) is 21.7. The van der Waals surface area contributed by atoms with E-state index < -0.39 is 10.0 Å². The van der Waals surface area contributed by atoms with E-state index in [0.29, 0.717) is 25.7 Å². The van der Waals surface area contributed by atoms with Crippen molar-refractivity contribution >= 4 is 40.0 Å². The third-order valence-electron chi connectivity index (χ3n) is 5.88. The van der Waals surface area contributed by atoms with Crippen molar-refractivity contribution in [1.82, 2.24) is 15.4 Å². The molecule has 31 heavy (non-hydrogen) atoms. The van der Waals surface area contributed by atoms with E-state index in [1.165, 1.54) is 25.7 Å². The lowest BCUT2D eigenvalue weighted by Crippen LogP contribution is -2.44. The Morgan fingerprint density at radius 1 is 1.13 bits per heavy atom. The van der Waals surface area contributed by atoms with Gasteiger partial charge in [-0.25, -0.2) is 18.1 Å². The Hall–Kier alpha value is -0.910. The van der Waals surface area contributed by atoms with E-state index in [0.717, 1.165) is 36.8 Å². The van der Waals surface area contributed by atoms with Gasteiger partial charge in [0.1, 0.15) is 0 Å². The largest absolute Gasteiger partial charge is 0.377 e. The molecule has 1 atom stereocenters. The summed E-state index contributed by atoms with van der Waals surface area (Å²) in [4.78, 5) is 4.96. The molecule has 1 aliphatic heterocycles. The molecule has 9 heteroatoms. The summed E-state index contributed by atoms with van der Waals surface area (Å²) in [5, 5.41) is 6.86. The van der Waals surface area contributed by atoms with Gasteiger partial charge in [-0.1, -0.05) is 19.1 Å². The summed E-state index contributed by atoms with van der Waals surface area (Å²) < 4.78 is 33.1. The Morgan fingerprint density at radius 2 is 1.84 bits per heavy atom. The van der Waals surface area contributed by atoms with Crippen LogP contribution in [-0.2, 0) is 21.3 Å². The minimum atomic E-state index is -3.52. The average molecular weight is 565 g/mol. The van der Waals surface area contributed by atoms with Crippen molar-refractivity contribution in [2.45, 2.75) is 76.0 Å². The maximum absolute atomic E-state index is 12.5. The minimum absolute atomic E-state index is 0. The monoisotopic (exact) mass is 564 g/mol. The molecule has 0 aromatic heterocycles. The Balaban J connectivity index is 0.00000341. The van der Waals surface area contributed by atoms with Crippen molar-refractivity contribution in [2.24, 2.45) is 10.9 Å². The van der Waals surface area contributed by atoms with Crippen LogP contribution >= 0.6 is 24.0 Å². The Labute approximate surface area is 204 Å². The second-order valence-corrected chi connectivity index (χ2v) is 10.2. The summed E-state index contributed by atoms with van der Waals surface area (Å²) in [5.41, 5.74) is 0.975. The summed E-state index contributed by atoms with van der Waals surface area (Å²) in [6.07, 6.45) is 6.75. The van der Waals surface area contributed by atoms with Crippen LogP contribution in [0.5, 0.6) is 0 Å². The van der Waals surface area contributed by atoms with Crippen LogP contribution in [0.15, 0.2) is 34.2 Å². The zero-order chi connectivity index (χ0) is 21.4. The van der Waals surface area contributed by atoms with E-state index in [2.05, 4.69) is 29.2 Å². The molecule has 0 spiro atoms. The molecule has 2 aliphatic rings. The van der Waals surface area contributed by atoms with Crippen LogP contribution in [0, 0.1) is 5.92 Å². The van der Waals surface area contributed by atoms with Crippen LogP contribution in [-0.4, -0.2) is 46.2 Å². The standard InChI is InChI=1S/C22H36N4O3S.HI/c1-3-23-22(26-19-10-6-17(2)7-11-19)24-15-18-8-12-21(13-9-18)30(27,28)25-16-20-5-4-14-29-20;/h8-9,12-13,17,19-20,25H,3-7,10-11,14-16H2,1-2H3,(H2,23,24,26);1H. The molecule has 0 radical (unpaired) electrons. The van der Waals surface area contributed by atoms with Gasteiger partial charge in [-0.05, 0) is 69.1 Å². The van der Waals surface area contributed by atoms with Crippen molar-refractivity contribution in [2.75, 3.05) is 19.7 Å². The van der Waals surface area contributed by atoms with Gasteiger partial charge in [-0.2, -0.15) is 0 Å². The highest BCUT2D eigenvalue weighted by Gasteiger charge is 2.21. The number of hydrogen-bond donors (Lipinski definition) is 3. The number of halogens is 1. The smallest absolute Gasteiger partial charge is 0.240 e. The van der Waals surface area contributed by atoms with Crippen LogP contribution in [0.25, 0.3) is 0 Å². The van der Waals surface area contributed by atoms with Crippen molar-refractivity contribution in [1.29, 1.82) is 0 Å². The first-order chi connectivity index (χ1) is 14.5. The van der Waals surface area contributed by atoms with E-state index in [1.807, 2.05) is 12.1 Å². The van der Waals surface area contributed by atoms with Gasteiger partial charge in [0.05, 0.1) is 17.5 Å². The summed E-state index contributed by atoms with van der Waals surface area (Å²) in [6, 6.07) is 7.42. The second-order valence-electron chi connectivity index (χ2n) is 8.43. The highest BCUT2D eigenvalue weighted by atomic mass is 127. The number of nitrogens with zero attached hydrogens (tertiary/aromatic N) is 1. The molecular formula is C22H37IN4O3S. The zero-order valence-electron chi connectivity index (χ0n) is 18.6. The molecule has 1 aromatic rings.